The molecule has 6 heteroatoms. The van der Waals surface area contributed by atoms with Gasteiger partial charge in [0, 0.05) is 17.6 Å². The average molecular weight is 331 g/mol. The van der Waals surface area contributed by atoms with Gasteiger partial charge in [-0.2, -0.15) is 0 Å². The molecule has 2 aliphatic rings. The van der Waals surface area contributed by atoms with Crippen molar-refractivity contribution >= 4 is 11.9 Å². The molecule has 0 spiro atoms. The zero-order valence-electron chi connectivity index (χ0n) is 14.1. The molecular formula is C18H21NO5. The fraction of sp³-hybridized carbons (Fsp3) is 0.444. The van der Waals surface area contributed by atoms with Gasteiger partial charge in [-0.1, -0.05) is 12.1 Å². The monoisotopic (exact) mass is 331 g/mol. The molecular weight excluding hydrogens is 310 g/mol. The van der Waals surface area contributed by atoms with Gasteiger partial charge in [-0.05, 0) is 31.6 Å². The number of amides is 1. The standard InChI is InChI=1S/C18H21NO5/c1-12-10-18(9-8-15(20)23-3)11-24-17(19(18)16(12)21)13-4-6-14(22-2)7-5-13/h4-7,10,17H,8-9,11H2,1-3H3/t17-,18-/m1/s1. The summed E-state index contributed by atoms with van der Waals surface area (Å²) in [7, 11) is 2.97. The lowest BCUT2D eigenvalue weighted by atomic mass is 9.94. The first kappa shape index (κ1) is 16.5. The Hall–Kier alpha value is -2.34. The molecule has 0 bridgehead atoms. The van der Waals surface area contributed by atoms with Crippen LogP contribution in [0, 0.1) is 0 Å². The Bertz CT molecular complexity index is 681. The number of fused-ring (bicyclic) bond motifs is 1. The number of nitrogens with zero attached hydrogens (tertiary/aromatic N) is 1. The van der Waals surface area contributed by atoms with Crippen molar-refractivity contribution in [2.24, 2.45) is 0 Å². The highest BCUT2D eigenvalue weighted by Crippen LogP contribution is 2.45. The first-order valence-corrected chi connectivity index (χ1v) is 7.86. The maximum absolute atomic E-state index is 12.6. The molecule has 1 fully saturated rings. The molecule has 0 aromatic heterocycles. The molecule has 3 rings (SSSR count). The van der Waals surface area contributed by atoms with E-state index in [9.17, 15) is 9.59 Å². The van der Waals surface area contributed by atoms with Crippen LogP contribution in [-0.2, 0) is 19.1 Å². The molecule has 1 aromatic carbocycles. The number of benzene rings is 1. The molecule has 0 unspecified atom stereocenters. The average Bonchev–Trinajstić information content (AvgIpc) is 3.08. The van der Waals surface area contributed by atoms with E-state index in [2.05, 4.69) is 0 Å². The summed E-state index contributed by atoms with van der Waals surface area (Å²) in [6.45, 7) is 2.16. The summed E-state index contributed by atoms with van der Waals surface area (Å²) >= 11 is 0. The minimum atomic E-state index is -0.583. The van der Waals surface area contributed by atoms with Crippen molar-refractivity contribution in [2.45, 2.75) is 31.5 Å². The maximum Gasteiger partial charge on any atom is 0.305 e. The Morgan fingerprint density at radius 2 is 2.04 bits per heavy atom. The van der Waals surface area contributed by atoms with Gasteiger partial charge in [0.1, 0.15) is 5.75 Å². The van der Waals surface area contributed by atoms with E-state index in [-0.39, 0.29) is 18.3 Å². The minimum absolute atomic E-state index is 0.0572. The molecule has 24 heavy (non-hydrogen) atoms. The first-order valence-electron chi connectivity index (χ1n) is 7.86. The molecule has 0 N–H and O–H groups in total. The number of carbonyl (C=O) groups excluding carboxylic acids is 2. The lowest BCUT2D eigenvalue weighted by Crippen LogP contribution is -2.44. The van der Waals surface area contributed by atoms with E-state index >= 15 is 0 Å². The van der Waals surface area contributed by atoms with E-state index in [0.717, 1.165) is 11.3 Å². The highest BCUT2D eigenvalue weighted by atomic mass is 16.5. The molecule has 6 nitrogen and oxygen atoms in total. The summed E-state index contributed by atoms with van der Waals surface area (Å²) in [6.07, 6.45) is 2.18. The highest BCUT2D eigenvalue weighted by molar-refractivity contribution is 5.97. The molecule has 1 aromatic rings. The van der Waals surface area contributed by atoms with Crippen LogP contribution in [-0.4, -0.2) is 43.1 Å². The summed E-state index contributed by atoms with van der Waals surface area (Å²) in [5.74, 6) is 0.400. The van der Waals surface area contributed by atoms with Crippen LogP contribution >= 0.6 is 0 Å². The van der Waals surface area contributed by atoms with Gasteiger partial charge >= 0.3 is 5.97 Å². The number of hydrogen-bond donors (Lipinski definition) is 0. The topological polar surface area (TPSA) is 65.1 Å². The van der Waals surface area contributed by atoms with Crippen molar-refractivity contribution in [1.82, 2.24) is 4.90 Å². The molecule has 0 saturated carbocycles. The summed E-state index contributed by atoms with van der Waals surface area (Å²) in [5.41, 5.74) is 0.980. The van der Waals surface area contributed by atoms with E-state index < -0.39 is 11.8 Å². The first-order chi connectivity index (χ1) is 11.5. The number of carbonyl (C=O) groups is 2. The van der Waals surface area contributed by atoms with Crippen LogP contribution in [0.4, 0.5) is 0 Å². The van der Waals surface area contributed by atoms with Gasteiger partial charge in [-0.3, -0.25) is 14.5 Å². The number of esters is 1. The molecule has 1 saturated heterocycles. The molecule has 1 amide bonds. The van der Waals surface area contributed by atoms with Crippen LogP contribution in [0.2, 0.25) is 0 Å². The second-order valence-electron chi connectivity index (χ2n) is 6.12. The van der Waals surface area contributed by atoms with E-state index in [4.69, 9.17) is 14.2 Å². The summed E-state index contributed by atoms with van der Waals surface area (Å²) in [4.78, 5) is 25.9. The van der Waals surface area contributed by atoms with Gasteiger partial charge in [0.05, 0.1) is 26.4 Å². The maximum atomic E-state index is 12.6. The molecule has 128 valence electrons. The van der Waals surface area contributed by atoms with E-state index in [0.29, 0.717) is 18.6 Å². The third-order valence-corrected chi connectivity index (χ3v) is 4.64. The fourth-order valence-electron chi connectivity index (χ4n) is 3.37. The smallest absolute Gasteiger partial charge is 0.305 e. The van der Waals surface area contributed by atoms with Crippen LogP contribution in [0.1, 0.15) is 31.6 Å². The molecule has 2 aliphatic heterocycles. The number of rotatable bonds is 5. The van der Waals surface area contributed by atoms with Crippen molar-refractivity contribution in [3.05, 3.63) is 41.5 Å². The van der Waals surface area contributed by atoms with Gasteiger partial charge < -0.3 is 14.2 Å². The van der Waals surface area contributed by atoms with Crippen LogP contribution < -0.4 is 4.74 Å². The van der Waals surface area contributed by atoms with Crippen LogP contribution in [0.15, 0.2) is 35.9 Å². The van der Waals surface area contributed by atoms with Crippen molar-refractivity contribution in [2.75, 3.05) is 20.8 Å². The van der Waals surface area contributed by atoms with Crippen LogP contribution in [0.3, 0.4) is 0 Å². The van der Waals surface area contributed by atoms with E-state index in [1.807, 2.05) is 30.3 Å². The Morgan fingerprint density at radius 1 is 1.33 bits per heavy atom. The summed E-state index contributed by atoms with van der Waals surface area (Å²) in [6, 6.07) is 7.46. The van der Waals surface area contributed by atoms with E-state index in [1.165, 1.54) is 7.11 Å². The molecule has 2 heterocycles. The number of methoxy groups -OCH3 is 2. The predicted molar refractivity (Wildman–Crippen MR) is 86.3 cm³/mol. The lowest BCUT2D eigenvalue weighted by Gasteiger charge is -2.32. The zero-order valence-corrected chi connectivity index (χ0v) is 14.1. The van der Waals surface area contributed by atoms with Crippen molar-refractivity contribution in [3.8, 4) is 5.75 Å². The van der Waals surface area contributed by atoms with Gasteiger partial charge in [-0.25, -0.2) is 0 Å². The van der Waals surface area contributed by atoms with Gasteiger partial charge in [-0.15, -0.1) is 0 Å². The summed E-state index contributed by atoms with van der Waals surface area (Å²) in [5, 5.41) is 0. The number of hydrogen-bond acceptors (Lipinski definition) is 5. The normalized spacial score (nSPS) is 25.5. The van der Waals surface area contributed by atoms with Crippen molar-refractivity contribution < 1.29 is 23.8 Å². The third kappa shape index (κ3) is 2.67. The Labute approximate surface area is 141 Å². The van der Waals surface area contributed by atoms with Crippen molar-refractivity contribution in [3.63, 3.8) is 0 Å². The van der Waals surface area contributed by atoms with Gasteiger partial charge in [0.15, 0.2) is 6.23 Å². The van der Waals surface area contributed by atoms with Crippen LogP contribution in [0.5, 0.6) is 5.75 Å². The Morgan fingerprint density at radius 3 is 2.67 bits per heavy atom. The molecule has 2 atom stereocenters. The fourth-order valence-corrected chi connectivity index (χ4v) is 3.37. The molecule has 0 radical (unpaired) electrons. The number of ether oxygens (including phenoxy) is 3. The molecule has 0 aliphatic carbocycles. The Balaban J connectivity index is 1.87. The minimum Gasteiger partial charge on any atom is -0.497 e. The van der Waals surface area contributed by atoms with Gasteiger partial charge in [0.25, 0.3) is 5.91 Å². The SMILES string of the molecule is COC(=O)CC[C@]12C=C(C)C(=O)N1[C@@H](c1ccc(OC)cc1)OC2. The summed E-state index contributed by atoms with van der Waals surface area (Å²) < 4.78 is 15.8. The second kappa shape index (κ2) is 6.28. The zero-order chi connectivity index (χ0) is 17.3. The quantitative estimate of drug-likeness (QED) is 0.774. The predicted octanol–water partition coefficient (Wildman–Crippen LogP) is 2.20. The van der Waals surface area contributed by atoms with Gasteiger partial charge in [0.2, 0.25) is 0 Å². The van der Waals surface area contributed by atoms with Crippen molar-refractivity contribution in [1.29, 1.82) is 0 Å². The lowest BCUT2D eigenvalue weighted by molar-refractivity contribution is -0.142. The Kier molecular flexibility index (Phi) is 4.32. The van der Waals surface area contributed by atoms with Crippen LogP contribution in [0.25, 0.3) is 0 Å². The largest absolute Gasteiger partial charge is 0.497 e. The third-order valence-electron chi connectivity index (χ3n) is 4.64. The highest BCUT2D eigenvalue weighted by Gasteiger charge is 2.53. The van der Waals surface area contributed by atoms with E-state index in [1.54, 1.807) is 18.9 Å². The second-order valence-corrected chi connectivity index (χ2v) is 6.12.